The molecule has 0 radical (unpaired) electrons. The van der Waals surface area contributed by atoms with Crippen molar-refractivity contribution in [3.05, 3.63) is 34.7 Å². The van der Waals surface area contributed by atoms with Crippen molar-refractivity contribution in [3.63, 3.8) is 0 Å². The monoisotopic (exact) mass is 326 g/mol. The molecule has 0 bridgehead atoms. The van der Waals surface area contributed by atoms with Gasteiger partial charge in [0.05, 0.1) is 11.0 Å². The lowest BCUT2D eigenvalue weighted by atomic mass is 9.82. The number of aromatic nitrogens is 2. The maximum Gasteiger partial charge on any atom is 0.368 e. The molecule has 2 aromatic rings. The predicted molar refractivity (Wildman–Crippen MR) is 81.3 cm³/mol. The Bertz CT molecular complexity index is 859. The Morgan fingerprint density at radius 2 is 1.82 bits per heavy atom. The lowest BCUT2D eigenvalue weighted by Gasteiger charge is -2.33. The van der Waals surface area contributed by atoms with E-state index < -0.39 is 16.0 Å². The van der Waals surface area contributed by atoms with E-state index in [1.165, 1.54) is 10.6 Å². The van der Waals surface area contributed by atoms with Gasteiger partial charge in [0, 0.05) is 19.8 Å². The number of imidazole rings is 1. The van der Waals surface area contributed by atoms with Crippen LogP contribution >= 0.6 is 0 Å². The zero-order valence-electron chi connectivity index (χ0n) is 12.2. The van der Waals surface area contributed by atoms with Crippen LogP contribution in [0.1, 0.15) is 19.8 Å². The number of ether oxygens (including phenoxy) is 1. The lowest BCUT2D eigenvalue weighted by molar-refractivity contribution is 0.0156. The second-order valence-electron chi connectivity index (χ2n) is 6.02. The second-order valence-corrected chi connectivity index (χ2v) is 7.28. The van der Waals surface area contributed by atoms with Gasteiger partial charge >= 0.3 is 16.0 Å². The molecule has 120 valence electrons. The van der Waals surface area contributed by atoms with Crippen LogP contribution in [-0.4, -0.2) is 34.7 Å². The summed E-state index contributed by atoms with van der Waals surface area (Å²) in [6.07, 6.45) is 1.59. The highest BCUT2D eigenvalue weighted by atomic mass is 32.2. The van der Waals surface area contributed by atoms with Crippen LogP contribution in [0.2, 0.25) is 0 Å². The van der Waals surface area contributed by atoms with Crippen LogP contribution < -0.4 is 5.69 Å². The molecule has 0 unspecified atom stereocenters. The maximum absolute atomic E-state index is 12.5. The lowest BCUT2D eigenvalue weighted by Crippen LogP contribution is -2.36. The number of hydrogen-bond acceptors (Lipinski definition) is 4. The minimum absolute atomic E-state index is 0.143. The van der Waals surface area contributed by atoms with Crippen molar-refractivity contribution in [3.8, 4) is 0 Å². The number of para-hydroxylation sites is 2. The van der Waals surface area contributed by atoms with E-state index in [4.69, 9.17) is 4.74 Å². The van der Waals surface area contributed by atoms with Gasteiger partial charge < -0.3 is 4.74 Å². The highest BCUT2D eigenvalue weighted by Gasteiger charge is 2.31. The smallest absolute Gasteiger partial charge is 0.368 e. The van der Waals surface area contributed by atoms with Gasteiger partial charge in [0.1, 0.15) is 0 Å². The van der Waals surface area contributed by atoms with Crippen molar-refractivity contribution in [2.24, 2.45) is 5.41 Å². The molecule has 1 saturated heterocycles. The molecule has 0 spiro atoms. The molecule has 0 saturated carbocycles. The summed E-state index contributed by atoms with van der Waals surface area (Å²) in [6, 6.07) is 6.55. The summed E-state index contributed by atoms with van der Waals surface area (Å²) in [5, 5.41) is 0. The van der Waals surface area contributed by atoms with Crippen molar-refractivity contribution < 1.29 is 17.7 Å². The molecule has 1 fully saturated rings. The summed E-state index contributed by atoms with van der Waals surface area (Å²) < 4.78 is 39.7. The van der Waals surface area contributed by atoms with Crippen molar-refractivity contribution in [1.29, 1.82) is 0 Å². The molecule has 1 aliphatic rings. The van der Waals surface area contributed by atoms with Crippen LogP contribution in [0.3, 0.4) is 0 Å². The van der Waals surface area contributed by atoms with E-state index in [0.29, 0.717) is 29.2 Å². The Morgan fingerprint density at radius 1 is 1.23 bits per heavy atom. The van der Waals surface area contributed by atoms with Gasteiger partial charge in [-0.2, -0.15) is 12.4 Å². The number of benzene rings is 1. The van der Waals surface area contributed by atoms with E-state index >= 15 is 0 Å². The highest BCUT2D eigenvalue weighted by molar-refractivity contribution is 7.84. The van der Waals surface area contributed by atoms with Gasteiger partial charge in [-0.15, -0.1) is 0 Å². The topological polar surface area (TPSA) is 90.5 Å². The van der Waals surface area contributed by atoms with Crippen LogP contribution in [-0.2, 0) is 21.6 Å². The summed E-state index contributed by atoms with van der Waals surface area (Å²) >= 11 is 0. The normalized spacial score (nSPS) is 18.6. The Kier molecular flexibility index (Phi) is 3.62. The second kappa shape index (κ2) is 5.22. The van der Waals surface area contributed by atoms with E-state index in [1.54, 1.807) is 18.2 Å². The van der Waals surface area contributed by atoms with Gasteiger partial charge in [-0.05, 0) is 30.4 Å². The number of fused-ring (bicyclic) bond motifs is 1. The summed E-state index contributed by atoms with van der Waals surface area (Å²) in [4.78, 5) is 12.5. The first-order chi connectivity index (χ1) is 10.3. The maximum atomic E-state index is 12.5. The van der Waals surface area contributed by atoms with Crippen molar-refractivity contribution >= 4 is 21.3 Å². The Labute approximate surface area is 128 Å². The molecule has 8 heteroatoms. The first-order valence-electron chi connectivity index (χ1n) is 7.08. The Morgan fingerprint density at radius 3 is 2.41 bits per heavy atom. The third-order valence-electron chi connectivity index (χ3n) is 4.27. The third-order valence-corrected chi connectivity index (χ3v) is 5.08. The molecule has 0 aliphatic carbocycles. The first kappa shape index (κ1) is 15.3. The molecule has 1 N–H and O–H groups in total. The summed E-state index contributed by atoms with van der Waals surface area (Å²) in [5.74, 6) is 0. The molecule has 1 aliphatic heterocycles. The summed E-state index contributed by atoms with van der Waals surface area (Å²) in [5.41, 5.74) is -0.198. The van der Waals surface area contributed by atoms with Crippen LogP contribution in [0.25, 0.3) is 11.0 Å². The number of hydrogen-bond donors (Lipinski definition) is 1. The number of nitrogens with zero attached hydrogens (tertiary/aromatic N) is 2. The van der Waals surface area contributed by atoms with Gasteiger partial charge in [-0.25, -0.2) is 4.79 Å². The van der Waals surface area contributed by atoms with Gasteiger partial charge in [0.2, 0.25) is 0 Å². The summed E-state index contributed by atoms with van der Waals surface area (Å²) in [6.45, 7) is 3.70. The average molecular weight is 326 g/mol. The molecular weight excluding hydrogens is 308 g/mol. The fourth-order valence-corrected chi connectivity index (χ4v) is 3.66. The van der Waals surface area contributed by atoms with Gasteiger partial charge in [0.25, 0.3) is 0 Å². The molecule has 2 heterocycles. The average Bonchev–Trinajstić information content (AvgIpc) is 2.72. The zero-order valence-corrected chi connectivity index (χ0v) is 13.0. The zero-order chi connectivity index (χ0) is 16.0. The van der Waals surface area contributed by atoms with Gasteiger partial charge in [0.15, 0.2) is 0 Å². The van der Waals surface area contributed by atoms with Crippen LogP contribution in [0, 0.1) is 5.41 Å². The molecule has 3 rings (SSSR count). The quantitative estimate of drug-likeness (QED) is 0.858. The minimum atomic E-state index is -4.64. The first-order valence-corrected chi connectivity index (χ1v) is 8.48. The fraction of sp³-hybridized carbons (Fsp3) is 0.500. The Hall–Kier alpha value is -1.64. The fourth-order valence-electron chi connectivity index (χ4n) is 2.96. The number of rotatable bonds is 3. The standard InChI is InChI=1S/C14H18N2O5S/c1-14(6-8-21-9-7-14)10-15-11-4-2-3-5-12(11)16(13(15)17)22(18,19)20/h2-5H,6-10H2,1H3,(H,18,19,20). The largest absolute Gasteiger partial charge is 0.381 e. The van der Waals surface area contributed by atoms with Crippen LogP contribution in [0.15, 0.2) is 29.1 Å². The molecule has 1 aromatic carbocycles. The minimum Gasteiger partial charge on any atom is -0.381 e. The molecule has 1 aromatic heterocycles. The van der Waals surface area contributed by atoms with Gasteiger partial charge in [-0.1, -0.05) is 19.1 Å². The van der Waals surface area contributed by atoms with Gasteiger partial charge in [-0.3, -0.25) is 9.12 Å². The van der Waals surface area contributed by atoms with E-state index in [-0.39, 0.29) is 10.9 Å². The van der Waals surface area contributed by atoms with Crippen LogP contribution in [0.4, 0.5) is 0 Å². The van der Waals surface area contributed by atoms with E-state index in [1.807, 2.05) is 0 Å². The van der Waals surface area contributed by atoms with Crippen molar-refractivity contribution in [2.75, 3.05) is 13.2 Å². The summed E-state index contributed by atoms with van der Waals surface area (Å²) in [7, 11) is -4.64. The van der Waals surface area contributed by atoms with E-state index in [2.05, 4.69) is 6.92 Å². The SMILES string of the molecule is CC1(Cn2c(=O)n(S(=O)(=O)O)c3ccccc32)CCOCC1. The van der Waals surface area contributed by atoms with E-state index in [0.717, 1.165) is 12.8 Å². The molecule has 0 atom stereocenters. The molecular formula is C14H18N2O5S. The predicted octanol–water partition coefficient (Wildman–Crippen LogP) is 1.27. The molecule has 7 nitrogen and oxygen atoms in total. The molecule has 22 heavy (non-hydrogen) atoms. The third kappa shape index (κ3) is 2.57. The Balaban J connectivity index is 2.18. The van der Waals surface area contributed by atoms with Crippen LogP contribution in [0.5, 0.6) is 0 Å². The molecule has 0 amide bonds. The highest BCUT2D eigenvalue weighted by Crippen LogP contribution is 2.32. The van der Waals surface area contributed by atoms with Crippen molar-refractivity contribution in [1.82, 2.24) is 8.54 Å². The van der Waals surface area contributed by atoms with E-state index in [9.17, 15) is 17.8 Å². The van der Waals surface area contributed by atoms with Crippen molar-refractivity contribution in [2.45, 2.75) is 26.3 Å².